The van der Waals surface area contributed by atoms with Crippen molar-refractivity contribution in [3.63, 3.8) is 0 Å². The second-order valence-corrected chi connectivity index (χ2v) is 31.0. The van der Waals surface area contributed by atoms with E-state index in [9.17, 15) is 0 Å². The van der Waals surface area contributed by atoms with Gasteiger partial charge in [-0.25, -0.2) is 37.8 Å². The number of nitrogens with zero attached hydrogens (tertiary/aromatic N) is 9. The number of aryl methyl sites for hydroxylation is 13. The fraction of sp³-hybridized carbons (Fsp3) is 0.136. The Hall–Kier alpha value is -14.2. The summed E-state index contributed by atoms with van der Waals surface area (Å²) in [6.07, 6.45) is 3.97. The Morgan fingerprint density at radius 2 is 0.802 bits per heavy atom. The molecular formula is C103H85N9O4+4. The van der Waals surface area contributed by atoms with E-state index in [2.05, 4.69) is 308 Å². The normalized spacial score (nSPS) is 12.4. The minimum Gasteiger partial charge on any atom is -0.455 e. The lowest BCUT2D eigenvalue weighted by molar-refractivity contribution is -0.660. The average molecular weight is 1520 g/mol. The first kappa shape index (κ1) is 67.5. The number of fused-ring (bicyclic) bond motifs is 22. The summed E-state index contributed by atoms with van der Waals surface area (Å²) in [5, 5.41) is 18.7. The number of furan rings is 4. The van der Waals surface area contributed by atoms with Crippen LogP contribution < -0.4 is 18.3 Å². The summed E-state index contributed by atoms with van der Waals surface area (Å²) in [5.41, 5.74) is 26.1. The van der Waals surface area contributed by atoms with E-state index in [-0.39, 0.29) is 0 Å². The van der Waals surface area contributed by atoms with Gasteiger partial charge in [-0.2, -0.15) is 4.57 Å². The van der Waals surface area contributed by atoms with Crippen molar-refractivity contribution >= 4 is 164 Å². The van der Waals surface area contributed by atoms with Crippen LogP contribution >= 0.6 is 0 Å². The maximum absolute atomic E-state index is 8.30. The maximum atomic E-state index is 8.30. The van der Waals surface area contributed by atoms with Gasteiger partial charge in [0.25, 0.3) is 11.6 Å². The van der Waals surface area contributed by atoms with E-state index in [0.717, 1.165) is 133 Å². The van der Waals surface area contributed by atoms with Gasteiger partial charge in [0, 0.05) is 94.4 Å². The number of aromatic nitrogens is 9. The molecule has 0 aliphatic rings. The van der Waals surface area contributed by atoms with Gasteiger partial charge in [0.05, 0.1) is 55.5 Å². The lowest BCUT2D eigenvalue weighted by Gasteiger charge is -2.10. The van der Waals surface area contributed by atoms with Crippen molar-refractivity contribution in [3.8, 4) is 45.3 Å². The van der Waals surface area contributed by atoms with Crippen LogP contribution in [-0.4, -0.2) is 24.1 Å². The molecule has 0 spiro atoms. The van der Waals surface area contributed by atoms with Crippen LogP contribution in [0.25, 0.3) is 209 Å². The summed E-state index contributed by atoms with van der Waals surface area (Å²) in [5.74, 6) is 2.25. The van der Waals surface area contributed by atoms with E-state index in [4.69, 9.17) is 31.7 Å². The highest BCUT2D eigenvalue weighted by atomic mass is 16.4. The van der Waals surface area contributed by atoms with Crippen LogP contribution in [0.1, 0.15) is 48.9 Å². The molecule has 0 aliphatic heterocycles. The smallest absolute Gasteiger partial charge is 0.293 e. The summed E-state index contributed by atoms with van der Waals surface area (Å²) >= 11 is 0. The molecule has 12 aromatic carbocycles. The maximum Gasteiger partial charge on any atom is 0.293 e. The fourth-order valence-electron chi connectivity index (χ4n) is 18.3. The molecule has 0 bridgehead atoms. The predicted molar refractivity (Wildman–Crippen MR) is 473 cm³/mol. The van der Waals surface area contributed by atoms with Crippen LogP contribution in [0.15, 0.2) is 279 Å². The summed E-state index contributed by atoms with van der Waals surface area (Å²) in [4.78, 5) is 14.2. The van der Waals surface area contributed by atoms with Crippen molar-refractivity contribution in [2.24, 2.45) is 42.3 Å². The Kier molecular flexibility index (Phi) is 15.9. The molecule has 0 saturated carbocycles. The number of pyridine rings is 5. The third kappa shape index (κ3) is 11.0. The van der Waals surface area contributed by atoms with Gasteiger partial charge < -0.3 is 17.7 Å². The van der Waals surface area contributed by atoms with E-state index >= 15 is 0 Å². The van der Waals surface area contributed by atoms with Crippen LogP contribution in [0.2, 0.25) is 0 Å². The van der Waals surface area contributed by atoms with Gasteiger partial charge >= 0.3 is 0 Å². The third-order valence-corrected chi connectivity index (χ3v) is 24.2. The fourth-order valence-corrected chi connectivity index (χ4v) is 18.3. The Labute approximate surface area is 673 Å². The van der Waals surface area contributed by atoms with Crippen molar-refractivity contribution in [2.45, 2.75) is 55.3 Å². The molecule has 116 heavy (non-hydrogen) atoms. The highest BCUT2D eigenvalue weighted by molar-refractivity contribution is 6.23. The van der Waals surface area contributed by atoms with E-state index in [0.29, 0.717) is 33.9 Å². The van der Waals surface area contributed by atoms with Crippen molar-refractivity contribution in [2.75, 3.05) is 0 Å². The predicted octanol–water partition coefficient (Wildman–Crippen LogP) is 23.7. The topological polar surface area (TPSA) is 117 Å². The molecule has 11 heterocycles. The molecule has 562 valence electrons. The summed E-state index contributed by atoms with van der Waals surface area (Å²) < 4.78 is 63.9. The first-order chi connectivity index (χ1) is 57.6. The highest BCUT2D eigenvalue weighted by Gasteiger charge is 2.32. The van der Waals surface area contributed by atoms with E-state index in [1.54, 1.807) is 6.07 Å². The Balaban J connectivity index is 0.000000102. The highest BCUT2D eigenvalue weighted by Crippen LogP contribution is 2.46. The average Bonchev–Trinajstić information content (AvgIpc) is 1.61. The molecule has 13 heteroatoms. The molecule has 0 amide bonds. The number of hydrogen-bond donors (Lipinski definition) is 0. The molecule has 23 rings (SSSR count). The molecule has 0 aliphatic carbocycles. The van der Waals surface area contributed by atoms with Crippen LogP contribution in [0.5, 0.6) is 0 Å². The zero-order valence-electron chi connectivity index (χ0n) is 70.0. The van der Waals surface area contributed by atoms with Gasteiger partial charge in [-0.1, -0.05) is 170 Å². The quantitative estimate of drug-likeness (QED) is 0.161. The van der Waals surface area contributed by atoms with Gasteiger partial charge in [0.1, 0.15) is 36.4 Å². The minimum atomic E-state index is -2.27. The van der Waals surface area contributed by atoms with Gasteiger partial charge in [-0.15, -0.1) is 0 Å². The van der Waals surface area contributed by atoms with Crippen LogP contribution in [0.4, 0.5) is 0 Å². The first-order valence-corrected chi connectivity index (χ1v) is 39.3. The van der Waals surface area contributed by atoms with Gasteiger partial charge in [-0.3, -0.25) is 0 Å². The van der Waals surface area contributed by atoms with E-state index < -0.39 is 6.85 Å². The number of benzene rings is 12. The van der Waals surface area contributed by atoms with Crippen molar-refractivity contribution in [1.82, 2.24) is 24.1 Å². The van der Waals surface area contributed by atoms with Gasteiger partial charge in [0.2, 0.25) is 34.0 Å². The Bertz CT molecular complexity index is 8160. The summed E-state index contributed by atoms with van der Waals surface area (Å²) in [6, 6.07) is 86.2. The molecule has 0 radical (unpaired) electrons. The Morgan fingerprint density at radius 3 is 1.40 bits per heavy atom. The molecule has 0 saturated heterocycles. The monoisotopic (exact) mass is 1510 g/mol. The molecule has 0 atom stereocenters. The van der Waals surface area contributed by atoms with Crippen molar-refractivity contribution in [1.29, 1.82) is 0 Å². The Morgan fingerprint density at radius 1 is 0.328 bits per heavy atom. The summed E-state index contributed by atoms with van der Waals surface area (Å²) in [6.45, 7) is 12.2. The number of hydrogen-bond acceptors (Lipinski definition) is 7. The molecule has 23 aromatic rings. The second-order valence-electron chi connectivity index (χ2n) is 31.0. The third-order valence-electron chi connectivity index (χ3n) is 24.2. The zero-order chi connectivity index (χ0) is 81.9. The molecular weight excluding hydrogens is 1430 g/mol. The zero-order valence-corrected chi connectivity index (χ0v) is 67.0. The number of imidazole rings is 2. The first-order valence-electron chi connectivity index (χ1n) is 40.8. The minimum absolute atomic E-state index is 0.330. The van der Waals surface area contributed by atoms with E-state index in [1.807, 2.05) is 70.4 Å². The SMILES string of the molecule is Cc1ccc2c(oc3cc4ccccc4cc32)c1-c1cccc[n+]1C.Cc1ccc2c(oc3nc(C)c4ccccc4c32)c1-c1n(C)c2ccccc2[n+]1C.Cc1ccc2c(oc3ncc4ccccc4c32)c1-c1n(C)c2ccccc2[n+]1C.[2H]C([2H])([2H])c1cc2c(oc3nc(C)c4ccccc4c32)c(-c2ccc3c(C)cccc3[n+]2C)c1C. The second kappa shape index (κ2) is 27.3. The van der Waals surface area contributed by atoms with Gasteiger partial charge in [0.15, 0.2) is 45.0 Å². The van der Waals surface area contributed by atoms with Crippen molar-refractivity contribution in [3.05, 3.63) is 306 Å². The van der Waals surface area contributed by atoms with Crippen molar-refractivity contribution < 1.29 is 40.0 Å². The van der Waals surface area contributed by atoms with Gasteiger partial charge in [-0.05, 0) is 170 Å². The molecule has 11 aromatic heterocycles. The molecule has 0 N–H and O–H groups in total. The number of rotatable bonds is 4. The largest absolute Gasteiger partial charge is 0.455 e. The lowest BCUT2D eigenvalue weighted by Crippen LogP contribution is -2.32. The molecule has 0 unspecified atom stereocenters. The lowest BCUT2D eigenvalue weighted by atomic mass is 9.95. The van der Waals surface area contributed by atoms with Crippen LogP contribution in [-0.2, 0) is 42.3 Å². The van der Waals surface area contributed by atoms with Crippen LogP contribution in [0.3, 0.4) is 0 Å². The molecule has 13 nitrogen and oxygen atoms in total. The molecule has 0 fully saturated rings. The number of para-hydroxylation sites is 4. The van der Waals surface area contributed by atoms with E-state index in [1.165, 1.54) is 87.6 Å². The standard InChI is InChI=1S/C29H25N2O.C26H22N3O.C25H20N3O.C23H18NO/c1-16-9-8-12-24-20(16)13-14-25(31(24)5)26-18(3)17(2)15-23-27-22-11-7-6-10-21(22)19(4)30-29(27)32-28(23)26;1-15-13-14-19-23-18-10-6-5-9-17(18)16(2)27-25(23)30-24(19)22(15)26-28(3)20-11-7-8-12-21(20)29(26)4;1-15-12-13-18-22-17-9-5-4-8-16(17)14-26-24(22)29-23(18)21(15)25-27(2)19-10-6-7-11-20(19)28(25)3;1-15-10-11-18-19-13-16-7-3-4-8-17(16)14-21(19)25-23(18)22(15)20-9-5-6-12-24(20)2/h6-15H,1-5H3;5-14H,1-4H3;4-14H,1-3H3;3-14H,1-2H3/q4*+1/i2D3;;;. The summed E-state index contributed by atoms with van der Waals surface area (Å²) in [7, 11) is 12.6. The van der Waals surface area contributed by atoms with Crippen LogP contribution in [0, 0.1) is 55.3 Å².